The molecule has 0 aliphatic rings. The van der Waals surface area contributed by atoms with E-state index in [2.05, 4.69) is 10.3 Å². The Morgan fingerprint density at radius 1 is 1.33 bits per heavy atom. The third-order valence-corrected chi connectivity index (χ3v) is 4.02. The first-order chi connectivity index (χ1) is 10.6. The molecule has 2 aromatic rings. The van der Waals surface area contributed by atoms with Gasteiger partial charge in [0, 0.05) is 6.54 Å². The number of nitrogens with two attached hydrogens (primary N) is 1. The molecule has 0 unspecified atom stereocenters. The Hall–Kier alpha value is -1.41. The van der Waals surface area contributed by atoms with Crippen molar-refractivity contribution < 1.29 is 13.9 Å². The first kappa shape index (κ1) is 22.6. The maximum Gasteiger partial charge on any atom is 0.263 e. The minimum atomic E-state index is -0.311. The van der Waals surface area contributed by atoms with Crippen molar-refractivity contribution in [1.82, 2.24) is 10.3 Å². The number of rotatable bonds is 7. The molecule has 3 N–H and O–H groups in total. The lowest BCUT2D eigenvalue weighted by molar-refractivity contribution is 0.0956. The molecule has 9 heteroatoms. The van der Waals surface area contributed by atoms with Gasteiger partial charge < -0.3 is 15.8 Å². The summed E-state index contributed by atoms with van der Waals surface area (Å²) in [7, 11) is 0. The van der Waals surface area contributed by atoms with Crippen LogP contribution in [-0.2, 0) is 6.61 Å². The van der Waals surface area contributed by atoms with Crippen LogP contribution < -0.4 is 15.8 Å². The molecule has 1 amide bonds. The molecule has 1 aromatic heterocycles. The summed E-state index contributed by atoms with van der Waals surface area (Å²) in [5.74, 6) is 0.105. The summed E-state index contributed by atoms with van der Waals surface area (Å²) >= 11 is 1.29. The van der Waals surface area contributed by atoms with E-state index >= 15 is 0 Å². The Bertz CT molecular complexity index is 638. The summed E-state index contributed by atoms with van der Waals surface area (Å²) in [5.41, 5.74) is 6.06. The van der Waals surface area contributed by atoms with Gasteiger partial charge in [-0.2, -0.15) is 0 Å². The average molecular weight is 396 g/mol. The molecule has 0 spiro atoms. The van der Waals surface area contributed by atoms with Crippen LogP contribution in [0.2, 0.25) is 0 Å². The van der Waals surface area contributed by atoms with Gasteiger partial charge in [0.1, 0.15) is 28.1 Å². The highest BCUT2D eigenvalue weighted by Crippen LogP contribution is 2.20. The molecule has 2 rings (SSSR count). The van der Waals surface area contributed by atoms with Gasteiger partial charge in [0.15, 0.2) is 0 Å². The van der Waals surface area contributed by atoms with Gasteiger partial charge in [0.05, 0.1) is 5.69 Å². The van der Waals surface area contributed by atoms with E-state index in [1.807, 2.05) is 0 Å². The van der Waals surface area contributed by atoms with Gasteiger partial charge in [0.25, 0.3) is 5.91 Å². The number of nitrogens with zero attached hydrogens (tertiary/aromatic N) is 1. The number of thiazole rings is 1. The molecule has 1 aromatic carbocycles. The summed E-state index contributed by atoms with van der Waals surface area (Å²) in [6.07, 6.45) is 0.740. The summed E-state index contributed by atoms with van der Waals surface area (Å²) in [5, 5.41) is 3.50. The van der Waals surface area contributed by atoms with Crippen molar-refractivity contribution in [2.24, 2.45) is 5.73 Å². The Morgan fingerprint density at radius 3 is 2.62 bits per heavy atom. The van der Waals surface area contributed by atoms with Crippen LogP contribution in [0.5, 0.6) is 5.75 Å². The molecule has 134 valence electrons. The van der Waals surface area contributed by atoms with E-state index in [-0.39, 0.29) is 43.1 Å². The number of carbonyl (C=O) groups is 1. The predicted molar refractivity (Wildman–Crippen MR) is 98.1 cm³/mol. The molecule has 24 heavy (non-hydrogen) atoms. The van der Waals surface area contributed by atoms with Gasteiger partial charge in [-0.05, 0) is 44.2 Å². The number of nitrogens with one attached hydrogen (secondary N) is 1. The second-order valence-corrected chi connectivity index (χ2v) is 5.75. The number of ether oxygens (including phenoxy) is 1. The Morgan fingerprint density at radius 2 is 2.00 bits per heavy atom. The maximum atomic E-state index is 12.8. The largest absolute Gasteiger partial charge is 0.486 e. The zero-order chi connectivity index (χ0) is 15.9. The van der Waals surface area contributed by atoms with Crippen molar-refractivity contribution in [3.63, 3.8) is 0 Å². The first-order valence-electron chi connectivity index (χ1n) is 6.93. The molecule has 0 fully saturated rings. The van der Waals surface area contributed by atoms with Crippen LogP contribution in [0.15, 0.2) is 24.3 Å². The Labute approximate surface area is 156 Å². The van der Waals surface area contributed by atoms with Crippen molar-refractivity contribution >= 4 is 42.1 Å². The highest BCUT2D eigenvalue weighted by molar-refractivity contribution is 7.13. The van der Waals surface area contributed by atoms with E-state index in [0.717, 1.165) is 6.42 Å². The molecule has 5 nitrogen and oxygen atoms in total. The van der Waals surface area contributed by atoms with Gasteiger partial charge in [0.2, 0.25) is 0 Å². The van der Waals surface area contributed by atoms with Crippen molar-refractivity contribution in [3.05, 3.63) is 45.7 Å². The quantitative estimate of drug-likeness (QED) is 0.706. The Balaban J connectivity index is 0.00000264. The zero-order valence-electron chi connectivity index (χ0n) is 13.1. The second kappa shape index (κ2) is 11.2. The van der Waals surface area contributed by atoms with Crippen LogP contribution in [0, 0.1) is 12.7 Å². The van der Waals surface area contributed by atoms with E-state index < -0.39 is 0 Å². The highest BCUT2D eigenvalue weighted by atomic mass is 35.5. The smallest absolute Gasteiger partial charge is 0.263 e. The SMILES string of the molecule is Cc1nc(COc2ccc(F)cc2)sc1C(=O)NCCCN.Cl.Cl. The van der Waals surface area contributed by atoms with E-state index in [1.165, 1.54) is 23.5 Å². The molecular weight excluding hydrogens is 376 g/mol. The molecule has 0 bridgehead atoms. The zero-order valence-corrected chi connectivity index (χ0v) is 15.5. The van der Waals surface area contributed by atoms with Crippen molar-refractivity contribution in [2.45, 2.75) is 20.0 Å². The van der Waals surface area contributed by atoms with Crippen LogP contribution in [0.4, 0.5) is 4.39 Å². The third-order valence-electron chi connectivity index (χ3n) is 2.89. The lowest BCUT2D eigenvalue weighted by Crippen LogP contribution is -2.25. The number of benzene rings is 1. The minimum Gasteiger partial charge on any atom is -0.486 e. The number of carbonyl (C=O) groups excluding carboxylic acids is 1. The lowest BCUT2D eigenvalue weighted by atomic mass is 10.3. The maximum absolute atomic E-state index is 12.8. The number of aryl methyl sites for hydroxylation is 1. The number of aromatic nitrogens is 1. The normalized spacial score (nSPS) is 9.62. The summed E-state index contributed by atoms with van der Waals surface area (Å²) in [4.78, 5) is 16.9. The summed E-state index contributed by atoms with van der Waals surface area (Å²) in [6.45, 7) is 3.12. The van der Waals surface area contributed by atoms with Gasteiger partial charge >= 0.3 is 0 Å². The Kier molecular flexibility index (Phi) is 10.5. The monoisotopic (exact) mass is 395 g/mol. The van der Waals surface area contributed by atoms with Crippen molar-refractivity contribution in [3.8, 4) is 5.75 Å². The van der Waals surface area contributed by atoms with E-state index in [9.17, 15) is 9.18 Å². The van der Waals surface area contributed by atoms with Crippen molar-refractivity contribution in [2.75, 3.05) is 13.1 Å². The number of hydrogen-bond acceptors (Lipinski definition) is 5. The van der Waals surface area contributed by atoms with Crippen molar-refractivity contribution in [1.29, 1.82) is 0 Å². The van der Waals surface area contributed by atoms with Crippen LogP contribution in [-0.4, -0.2) is 24.0 Å². The van der Waals surface area contributed by atoms with Gasteiger partial charge in [-0.1, -0.05) is 0 Å². The molecule has 0 radical (unpaired) electrons. The van der Waals surface area contributed by atoms with E-state index in [0.29, 0.717) is 34.4 Å². The average Bonchev–Trinajstić information content (AvgIpc) is 2.88. The number of amides is 1. The number of halogens is 3. The summed E-state index contributed by atoms with van der Waals surface area (Å²) < 4.78 is 18.3. The van der Waals surface area contributed by atoms with Crippen LogP contribution in [0.1, 0.15) is 26.8 Å². The van der Waals surface area contributed by atoms with Gasteiger partial charge in [-0.25, -0.2) is 9.37 Å². The molecular formula is C15H20Cl2FN3O2S. The molecule has 0 aliphatic heterocycles. The van der Waals surface area contributed by atoms with E-state index in [1.54, 1.807) is 19.1 Å². The molecule has 0 atom stereocenters. The third kappa shape index (κ3) is 6.60. The molecule has 0 saturated carbocycles. The highest BCUT2D eigenvalue weighted by Gasteiger charge is 2.15. The van der Waals surface area contributed by atoms with Crippen LogP contribution in [0.3, 0.4) is 0 Å². The minimum absolute atomic E-state index is 0. The fraction of sp³-hybridized carbons (Fsp3) is 0.333. The molecule has 0 aliphatic carbocycles. The second-order valence-electron chi connectivity index (χ2n) is 4.66. The molecule has 0 saturated heterocycles. The number of hydrogen-bond donors (Lipinski definition) is 2. The fourth-order valence-corrected chi connectivity index (χ4v) is 2.68. The fourth-order valence-electron chi connectivity index (χ4n) is 1.78. The van der Waals surface area contributed by atoms with E-state index in [4.69, 9.17) is 10.5 Å². The molecule has 1 heterocycles. The lowest BCUT2D eigenvalue weighted by Gasteiger charge is -2.03. The topological polar surface area (TPSA) is 77.2 Å². The predicted octanol–water partition coefficient (Wildman–Crippen LogP) is 3.09. The van der Waals surface area contributed by atoms with Gasteiger partial charge in [-0.3, -0.25) is 4.79 Å². The summed E-state index contributed by atoms with van der Waals surface area (Å²) in [6, 6.07) is 5.77. The van der Waals surface area contributed by atoms with Crippen LogP contribution >= 0.6 is 36.2 Å². The van der Waals surface area contributed by atoms with Gasteiger partial charge in [-0.15, -0.1) is 36.2 Å². The standard InChI is InChI=1S/C15H18FN3O2S.2ClH/c1-10-14(15(20)18-8-2-7-17)22-13(19-10)9-21-12-5-3-11(16)4-6-12;;/h3-6H,2,7-9,17H2,1H3,(H,18,20);2*1H. The first-order valence-corrected chi connectivity index (χ1v) is 7.74. The van der Waals surface area contributed by atoms with Crippen LogP contribution in [0.25, 0.3) is 0 Å².